The van der Waals surface area contributed by atoms with Gasteiger partial charge in [0.05, 0.1) is 19.8 Å². The average molecular weight is 279 g/mol. The Labute approximate surface area is 120 Å². The third kappa shape index (κ3) is 4.78. The number of aliphatic hydroxyl groups excluding tert-OH is 1. The zero-order valence-electron chi connectivity index (χ0n) is 11.9. The number of nitrogens with one attached hydrogen (secondary N) is 1. The van der Waals surface area contributed by atoms with Crippen LogP contribution < -0.4 is 5.32 Å². The molecule has 4 nitrogen and oxygen atoms in total. The van der Waals surface area contributed by atoms with E-state index in [0.29, 0.717) is 30.9 Å². The molecule has 1 fully saturated rings. The molecule has 20 heavy (non-hydrogen) atoms. The van der Waals surface area contributed by atoms with Gasteiger partial charge in [-0.3, -0.25) is 0 Å². The van der Waals surface area contributed by atoms with Crippen LogP contribution in [0.1, 0.15) is 37.2 Å². The number of phenols is 1. The predicted molar refractivity (Wildman–Crippen MR) is 79.0 cm³/mol. The molecule has 0 atom stereocenters. The van der Waals surface area contributed by atoms with Gasteiger partial charge in [-0.25, -0.2) is 0 Å². The van der Waals surface area contributed by atoms with E-state index >= 15 is 0 Å². The number of phenolic OH excluding ortho intramolecular Hbond substituents is 1. The van der Waals surface area contributed by atoms with Crippen LogP contribution in [-0.4, -0.2) is 42.6 Å². The van der Waals surface area contributed by atoms with Gasteiger partial charge in [-0.05, 0) is 49.3 Å². The highest BCUT2D eigenvalue weighted by Gasteiger charge is 2.21. The second kappa shape index (κ2) is 8.25. The summed E-state index contributed by atoms with van der Waals surface area (Å²) in [7, 11) is 0. The fraction of sp³-hybridized carbons (Fsp3) is 0.625. The Balaban J connectivity index is 1.66. The lowest BCUT2D eigenvalue weighted by Gasteiger charge is -2.29. The maximum absolute atomic E-state index is 9.32. The van der Waals surface area contributed by atoms with Crippen molar-refractivity contribution in [2.24, 2.45) is 0 Å². The lowest BCUT2D eigenvalue weighted by atomic mass is 9.82. The van der Waals surface area contributed by atoms with Gasteiger partial charge in [0.25, 0.3) is 0 Å². The van der Waals surface area contributed by atoms with Gasteiger partial charge < -0.3 is 20.3 Å². The van der Waals surface area contributed by atoms with Crippen molar-refractivity contribution in [3.05, 3.63) is 29.8 Å². The molecule has 3 N–H and O–H groups in total. The molecule has 0 radical (unpaired) electrons. The van der Waals surface area contributed by atoms with E-state index in [4.69, 9.17) is 9.84 Å². The van der Waals surface area contributed by atoms with Crippen LogP contribution in [0.25, 0.3) is 0 Å². The van der Waals surface area contributed by atoms with Gasteiger partial charge >= 0.3 is 0 Å². The molecular weight excluding hydrogens is 254 g/mol. The van der Waals surface area contributed by atoms with Crippen LogP contribution in [-0.2, 0) is 4.74 Å². The van der Waals surface area contributed by atoms with E-state index in [9.17, 15) is 5.11 Å². The first kappa shape index (κ1) is 15.3. The number of benzene rings is 1. The molecule has 1 aromatic rings. The van der Waals surface area contributed by atoms with E-state index in [1.54, 1.807) is 12.1 Å². The van der Waals surface area contributed by atoms with Gasteiger partial charge in [-0.2, -0.15) is 0 Å². The standard InChI is InChI=1S/C16H25NO3/c18-10-12-20-11-9-17-15-5-1-13(2-6-15)14-3-7-16(19)8-4-14/h3-4,7-8,13,15,17-19H,1-2,5-6,9-12H2. The Morgan fingerprint density at radius 1 is 1.05 bits per heavy atom. The lowest BCUT2D eigenvalue weighted by Crippen LogP contribution is -2.35. The summed E-state index contributed by atoms with van der Waals surface area (Å²) in [5, 5.41) is 21.4. The summed E-state index contributed by atoms with van der Waals surface area (Å²) >= 11 is 0. The first-order valence-corrected chi connectivity index (χ1v) is 7.50. The Morgan fingerprint density at radius 3 is 2.40 bits per heavy atom. The van der Waals surface area contributed by atoms with Crippen LogP contribution in [0, 0.1) is 0 Å². The van der Waals surface area contributed by atoms with Crippen LogP contribution in [0.3, 0.4) is 0 Å². The van der Waals surface area contributed by atoms with Crippen molar-refractivity contribution in [1.82, 2.24) is 5.32 Å². The molecule has 1 aliphatic carbocycles. The Bertz CT molecular complexity index is 372. The molecule has 0 aliphatic heterocycles. The van der Waals surface area contributed by atoms with Gasteiger partial charge in [0.2, 0.25) is 0 Å². The van der Waals surface area contributed by atoms with Gasteiger partial charge in [0.1, 0.15) is 5.75 Å². The summed E-state index contributed by atoms with van der Waals surface area (Å²) in [6.45, 7) is 2.04. The topological polar surface area (TPSA) is 61.7 Å². The molecule has 0 heterocycles. The van der Waals surface area contributed by atoms with E-state index in [1.165, 1.54) is 31.2 Å². The molecule has 112 valence electrons. The Kier molecular flexibility index (Phi) is 6.30. The molecule has 0 amide bonds. The fourth-order valence-corrected chi connectivity index (χ4v) is 2.88. The highest BCUT2D eigenvalue weighted by molar-refractivity contribution is 5.28. The summed E-state index contributed by atoms with van der Waals surface area (Å²) in [6.07, 6.45) is 4.76. The highest BCUT2D eigenvalue weighted by Crippen LogP contribution is 2.33. The van der Waals surface area contributed by atoms with Crippen molar-refractivity contribution in [2.45, 2.75) is 37.6 Å². The largest absolute Gasteiger partial charge is 0.508 e. The quantitative estimate of drug-likeness (QED) is 0.668. The molecule has 4 heteroatoms. The number of rotatable bonds is 7. The number of hydrogen-bond acceptors (Lipinski definition) is 4. The van der Waals surface area contributed by atoms with Crippen LogP contribution >= 0.6 is 0 Å². The third-order valence-electron chi connectivity index (χ3n) is 4.01. The molecule has 0 aromatic heterocycles. The first-order chi connectivity index (χ1) is 9.79. The number of aliphatic hydroxyl groups is 1. The first-order valence-electron chi connectivity index (χ1n) is 7.50. The van der Waals surface area contributed by atoms with Crippen molar-refractivity contribution in [3.63, 3.8) is 0 Å². The van der Waals surface area contributed by atoms with Crippen molar-refractivity contribution in [1.29, 1.82) is 0 Å². The van der Waals surface area contributed by atoms with Crippen molar-refractivity contribution in [3.8, 4) is 5.75 Å². The van der Waals surface area contributed by atoms with Gasteiger partial charge in [-0.1, -0.05) is 12.1 Å². The minimum Gasteiger partial charge on any atom is -0.508 e. The molecule has 0 spiro atoms. The smallest absolute Gasteiger partial charge is 0.115 e. The van der Waals surface area contributed by atoms with Crippen LogP contribution in [0.5, 0.6) is 5.75 Å². The van der Waals surface area contributed by atoms with E-state index in [0.717, 1.165) is 6.54 Å². The molecule has 0 saturated heterocycles. The maximum atomic E-state index is 9.32. The summed E-state index contributed by atoms with van der Waals surface area (Å²) in [6, 6.07) is 8.21. The Hall–Kier alpha value is -1.10. The minimum atomic E-state index is 0.0950. The molecule has 1 saturated carbocycles. The third-order valence-corrected chi connectivity index (χ3v) is 4.01. The van der Waals surface area contributed by atoms with Crippen LogP contribution in [0.4, 0.5) is 0 Å². The predicted octanol–water partition coefficient (Wildman–Crippen LogP) is 2.02. The summed E-state index contributed by atoms with van der Waals surface area (Å²) < 4.78 is 5.24. The van der Waals surface area contributed by atoms with Crippen LogP contribution in [0.2, 0.25) is 0 Å². The normalized spacial score (nSPS) is 22.9. The van der Waals surface area contributed by atoms with Crippen molar-refractivity contribution < 1.29 is 14.9 Å². The maximum Gasteiger partial charge on any atom is 0.115 e. The van der Waals surface area contributed by atoms with E-state index in [1.807, 2.05) is 12.1 Å². The second-order valence-corrected chi connectivity index (χ2v) is 5.43. The number of ether oxygens (including phenoxy) is 1. The van der Waals surface area contributed by atoms with E-state index < -0.39 is 0 Å². The number of aromatic hydroxyl groups is 1. The van der Waals surface area contributed by atoms with E-state index in [2.05, 4.69) is 5.32 Å². The monoisotopic (exact) mass is 279 g/mol. The molecule has 0 unspecified atom stereocenters. The zero-order valence-corrected chi connectivity index (χ0v) is 11.9. The van der Waals surface area contributed by atoms with E-state index in [-0.39, 0.29) is 6.61 Å². The summed E-state index contributed by atoms with van der Waals surface area (Å²) in [4.78, 5) is 0. The fourth-order valence-electron chi connectivity index (χ4n) is 2.88. The molecule has 1 aliphatic rings. The average Bonchev–Trinajstić information content (AvgIpc) is 2.49. The van der Waals surface area contributed by atoms with Crippen LogP contribution in [0.15, 0.2) is 24.3 Å². The molecular formula is C16H25NO3. The lowest BCUT2D eigenvalue weighted by molar-refractivity contribution is 0.0916. The summed E-state index contributed by atoms with van der Waals surface area (Å²) in [5.41, 5.74) is 1.34. The van der Waals surface area contributed by atoms with Crippen molar-refractivity contribution in [2.75, 3.05) is 26.4 Å². The van der Waals surface area contributed by atoms with Crippen molar-refractivity contribution >= 4 is 0 Å². The second-order valence-electron chi connectivity index (χ2n) is 5.43. The highest BCUT2D eigenvalue weighted by atomic mass is 16.5. The Morgan fingerprint density at radius 2 is 1.75 bits per heavy atom. The molecule has 2 rings (SSSR count). The van der Waals surface area contributed by atoms with Gasteiger partial charge in [0, 0.05) is 12.6 Å². The zero-order chi connectivity index (χ0) is 14.2. The molecule has 0 bridgehead atoms. The summed E-state index contributed by atoms with van der Waals surface area (Å²) in [5.74, 6) is 0.964. The molecule has 1 aromatic carbocycles. The van der Waals surface area contributed by atoms with Gasteiger partial charge in [0.15, 0.2) is 0 Å². The minimum absolute atomic E-state index is 0.0950. The number of hydrogen-bond donors (Lipinski definition) is 3. The van der Waals surface area contributed by atoms with Gasteiger partial charge in [-0.15, -0.1) is 0 Å². The SMILES string of the molecule is OCCOCCNC1CCC(c2ccc(O)cc2)CC1.